The maximum atomic E-state index is 12.7. The molecule has 0 saturated carbocycles. The largest absolute Gasteiger partial charge is 0.383 e. The molecule has 0 bridgehead atoms. The molecule has 2 heterocycles. The molecule has 0 aliphatic heterocycles. The zero-order chi connectivity index (χ0) is 18.0. The van der Waals surface area contributed by atoms with Crippen LogP contribution >= 0.6 is 11.3 Å². The van der Waals surface area contributed by atoms with Gasteiger partial charge in [-0.3, -0.25) is 19.1 Å². The molecule has 0 spiro atoms. The molecule has 2 rings (SSSR count). The van der Waals surface area contributed by atoms with Crippen LogP contribution in [0.3, 0.4) is 0 Å². The Bertz CT molecular complexity index is 880. The molecule has 3 N–H and O–H groups in total. The summed E-state index contributed by atoms with van der Waals surface area (Å²) in [6, 6.07) is 0. The topological polar surface area (TPSA) is 114 Å². The summed E-state index contributed by atoms with van der Waals surface area (Å²) in [5, 5.41) is 0.763. The van der Waals surface area contributed by atoms with Gasteiger partial charge in [0.15, 0.2) is 5.69 Å². The molecular formula is C15H21N5O3S. The highest BCUT2D eigenvalue weighted by Crippen LogP contribution is 2.23. The molecule has 2 aromatic heterocycles. The predicted octanol–water partition coefficient (Wildman–Crippen LogP) is 1.27. The van der Waals surface area contributed by atoms with E-state index >= 15 is 0 Å². The number of aryl methyl sites for hydroxylation is 2. The van der Waals surface area contributed by atoms with Crippen LogP contribution < -0.4 is 21.9 Å². The number of aromatic amines is 1. The van der Waals surface area contributed by atoms with E-state index in [9.17, 15) is 14.4 Å². The Morgan fingerprint density at radius 1 is 1.38 bits per heavy atom. The Morgan fingerprint density at radius 2 is 2.04 bits per heavy atom. The van der Waals surface area contributed by atoms with Crippen molar-refractivity contribution in [2.75, 3.05) is 17.7 Å². The zero-order valence-corrected chi connectivity index (χ0v) is 15.0. The number of unbranched alkanes of at least 4 members (excludes halogenated alkanes) is 1. The summed E-state index contributed by atoms with van der Waals surface area (Å²) < 4.78 is 1.29. The van der Waals surface area contributed by atoms with E-state index in [2.05, 4.69) is 9.97 Å². The number of H-pyrrole nitrogens is 1. The highest BCUT2D eigenvalue weighted by atomic mass is 32.1. The van der Waals surface area contributed by atoms with Crippen LogP contribution in [0, 0.1) is 13.8 Å². The maximum Gasteiger partial charge on any atom is 0.330 e. The lowest BCUT2D eigenvalue weighted by Gasteiger charge is -2.20. The van der Waals surface area contributed by atoms with Crippen LogP contribution in [-0.2, 0) is 6.54 Å². The summed E-state index contributed by atoms with van der Waals surface area (Å²) in [5.74, 6) is -0.386. The molecular weight excluding hydrogens is 330 g/mol. The Balaban J connectivity index is 2.51. The second-order valence-corrected chi connectivity index (χ2v) is 6.71. The van der Waals surface area contributed by atoms with E-state index in [0.717, 1.165) is 17.8 Å². The van der Waals surface area contributed by atoms with Crippen LogP contribution in [0.15, 0.2) is 9.59 Å². The molecule has 0 aromatic carbocycles. The Morgan fingerprint density at radius 3 is 2.58 bits per heavy atom. The van der Waals surface area contributed by atoms with E-state index in [4.69, 9.17) is 5.73 Å². The van der Waals surface area contributed by atoms with E-state index < -0.39 is 11.2 Å². The summed E-state index contributed by atoms with van der Waals surface area (Å²) in [7, 11) is 1.46. The van der Waals surface area contributed by atoms with Crippen molar-refractivity contribution in [2.24, 2.45) is 0 Å². The average Bonchev–Trinajstić information content (AvgIpc) is 2.84. The van der Waals surface area contributed by atoms with Crippen LogP contribution in [-0.4, -0.2) is 27.5 Å². The minimum absolute atomic E-state index is 0.00746. The van der Waals surface area contributed by atoms with Crippen molar-refractivity contribution >= 4 is 28.7 Å². The lowest BCUT2D eigenvalue weighted by molar-refractivity contribution is 0.0995. The Hall–Kier alpha value is -2.42. The third-order valence-electron chi connectivity index (χ3n) is 3.69. The SMILES string of the molecule is CCCCn1c(N)c(N(C)C(=O)c2sc(C)nc2C)c(=O)[nH]c1=O. The lowest BCUT2D eigenvalue weighted by Crippen LogP contribution is -2.39. The molecule has 0 radical (unpaired) electrons. The molecule has 0 unspecified atom stereocenters. The zero-order valence-electron chi connectivity index (χ0n) is 14.2. The normalized spacial score (nSPS) is 10.8. The van der Waals surface area contributed by atoms with Crippen molar-refractivity contribution in [3.63, 3.8) is 0 Å². The molecule has 1 amide bonds. The maximum absolute atomic E-state index is 12.7. The van der Waals surface area contributed by atoms with Gasteiger partial charge in [-0.25, -0.2) is 9.78 Å². The van der Waals surface area contributed by atoms with Gasteiger partial charge in [0, 0.05) is 13.6 Å². The minimum Gasteiger partial charge on any atom is -0.383 e. The Kier molecular flexibility index (Phi) is 5.23. The fourth-order valence-electron chi connectivity index (χ4n) is 2.42. The first-order valence-corrected chi connectivity index (χ1v) is 8.44. The number of hydrogen-bond donors (Lipinski definition) is 2. The van der Waals surface area contributed by atoms with Gasteiger partial charge < -0.3 is 10.6 Å². The van der Waals surface area contributed by atoms with Crippen molar-refractivity contribution in [2.45, 2.75) is 40.2 Å². The third kappa shape index (κ3) is 3.25. The first-order valence-electron chi connectivity index (χ1n) is 7.62. The number of anilines is 2. The molecule has 130 valence electrons. The van der Waals surface area contributed by atoms with Gasteiger partial charge in [0.25, 0.3) is 11.5 Å². The smallest absolute Gasteiger partial charge is 0.330 e. The lowest BCUT2D eigenvalue weighted by atomic mass is 10.3. The van der Waals surface area contributed by atoms with Gasteiger partial charge in [-0.1, -0.05) is 13.3 Å². The van der Waals surface area contributed by atoms with E-state index in [0.29, 0.717) is 17.1 Å². The van der Waals surface area contributed by atoms with Gasteiger partial charge >= 0.3 is 5.69 Å². The second kappa shape index (κ2) is 7.00. The molecule has 2 aromatic rings. The summed E-state index contributed by atoms with van der Waals surface area (Å²) in [4.78, 5) is 44.9. The number of thiazole rings is 1. The molecule has 9 heteroatoms. The van der Waals surface area contributed by atoms with Crippen molar-refractivity contribution in [1.82, 2.24) is 14.5 Å². The third-order valence-corrected chi connectivity index (χ3v) is 4.75. The number of carbonyl (C=O) groups is 1. The number of nitrogen functional groups attached to an aromatic ring is 1. The highest BCUT2D eigenvalue weighted by Gasteiger charge is 2.24. The molecule has 0 saturated heterocycles. The van der Waals surface area contributed by atoms with Crippen molar-refractivity contribution < 1.29 is 4.79 Å². The highest BCUT2D eigenvalue weighted by molar-refractivity contribution is 7.13. The number of nitrogens with one attached hydrogen (secondary N) is 1. The summed E-state index contributed by atoms with van der Waals surface area (Å²) in [6.07, 6.45) is 1.61. The van der Waals surface area contributed by atoms with Gasteiger partial charge in [0.2, 0.25) is 0 Å². The Labute approximate surface area is 143 Å². The number of rotatable bonds is 5. The van der Waals surface area contributed by atoms with Gasteiger partial charge in [-0.2, -0.15) is 0 Å². The van der Waals surface area contributed by atoms with Crippen molar-refractivity contribution in [3.8, 4) is 0 Å². The van der Waals surface area contributed by atoms with Crippen LogP contribution in [0.25, 0.3) is 0 Å². The molecule has 0 fully saturated rings. The van der Waals surface area contributed by atoms with Crippen LogP contribution in [0.1, 0.15) is 40.1 Å². The number of amides is 1. The van der Waals surface area contributed by atoms with E-state index in [1.807, 2.05) is 6.92 Å². The number of hydrogen-bond acceptors (Lipinski definition) is 6. The predicted molar refractivity (Wildman–Crippen MR) is 95.0 cm³/mol. The van der Waals surface area contributed by atoms with E-state index in [1.54, 1.807) is 13.8 Å². The van der Waals surface area contributed by atoms with Gasteiger partial charge in [-0.15, -0.1) is 11.3 Å². The van der Waals surface area contributed by atoms with Crippen molar-refractivity contribution in [1.29, 1.82) is 0 Å². The minimum atomic E-state index is -0.681. The van der Waals surface area contributed by atoms with E-state index in [1.165, 1.54) is 27.9 Å². The van der Waals surface area contributed by atoms with Crippen molar-refractivity contribution in [3.05, 3.63) is 36.4 Å². The number of carbonyl (C=O) groups excluding carboxylic acids is 1. The number of nitrogens with two attached hydrogens (primary N) is 1. The van der Waals surface area contributed by atoms with Gasteiger partial charge in [0.1, 0.15) is 10.7 Å². The average molecular weight is 351 g/mol. The molecule has 0 aliphatic carbocycles. The monoisotopic (exact) mass is 351 g/mol. The van der Waals surface area contributed by atoms with Crippen LogP contribution in [0.5, 0.6) is 0 Å². The first kappa shape index (κ1) is 17.9. The molecule has 0 aliphatic rings. The molecule has 24 heavy (non-hydrogen) atoms. The summed E-state index contributed by atoms with van der Waals surface area (Å²) in [5.41, 5.74) is 5.35. The summed E-state index contributed by atoms with van der Waals surface area (Å²) >= 11 is 1.25. The second-order valence-electron chi connectivity index (χ2n) is 5.51. The van der Waals surface area contributed by atoms with Gasteiger partial charge in [0.05, 0.1) is 10.7 Å². The fourth-order valence-corrected chi connectivity index (χ4v) is 3.32. The standard InChI is InChI=1S/C15H21N5O3S/c1-5-6-7-20-12(16)10(13(21)18-15(20)23)19(4)14(22)11-8(2)17-9(3)24-11/h5-7,16H2,1-4H3,(H,18,21,23). The first-order chi connectivity index (χ1) is 11.3. The molecule has 8 nitrogen and oxygen atoms in total. The fraction of sp³-hybridized carbons (Fsp3) is 0.467. The number of nitrogens with zero attached hydrogens (tertiary/aromatic N) is 3. The number of aromatic nitrogens is 3. The van der Waals surface area contributed by atoms with E-state index in [-0.39, 0.29) is 17.4 Å². The van der Waals surface area contributed by atoms with Crippen LogP contribution in [0.2, 0.25) is 0 Å². The summed E-state index contributed by atoms with van der Waals surface area (Å²) in [6.45, 7) is 5.91. The van der Waals surface area contributed by atoms with Crippen LogP contribution in [0.4, 0.5) is 11.5 Å². The molecule has 0 atom stereocenters. The van der Waals surface area contributed by atoms with Gasteiger partial charge in [-0.05, 0) is 20.3 Å². The quantitative estimate of drug-likeness (QED) is 0.842.